The molecule has 0 spiro atoms. The summed E-state index contributed by atoms with van der Waals surface area (Å²) in [7, 11) is 0. The Morgan fingerprint density at radius 3 is 2.28 bits per heavy atom. The van der Waals surface area contributed by atoms with Gasteiger partial charge in [-0.05, 0) is 32.9 Å². The van der Waals surface area contributed by atoms with Crippen molar-refractivity contribution < 1.29 is 0 Å². The molecule has 0 radical (unpaired) electrons. The Hall–Kier alpha value is -1.60. The summed E-state index contributed by atoms with van der Waals surface area (Å²) in [5.74, 6) is 0. The van der Waals surface area contributed by atoms with E-state index in [2.05, 4.69) is 35.6 Å². The van der Waals surface area contributed by atoms with Crippen LogP contribution in [0.3, 0.4) is 0 Å². The summed E-state index contributed by atoms with van der Waals surface area (Å²) in [4.78, 5) is 8.95. The molecule has 0 aromatic carbocycles. The zero-order valence-electron chi connectivity index (χ0n) is 11.3. The van der Waals surface area contributed by atoms with Crippen LogP contribution in [-0.2, 0) is 0 Å². The van der Waals surface area contributed by atoms with Crippen molar-refractivity contribution in [2.45, 2.75) is 26.3 Å². The van der Waals surface area contributed by atoms with Crippen molar-refractivity contribution >= 4 is 5.69 Å². The van der Waals surface area contributed by atoms with Crippen molar-refractivity contribution in [2.24, 2.45) is 0 Å². The quantitative estimate of drug-likeness (QED) is 0.756. The molecule has 1 aromatic heterocycles. The lowest BCUT2D eigenvalue weighted by molar-refractivity contribution is 0.128. The third kappa shape index (κ3) is 2.80. The summed E-state index contributed by atoms with van der Waals surface area (Å²) in [6.45, 7) is 11.0. The number of hydrogen-bond acceptors (Lipinski definition) is 4. The van der Waals surface area contributed by atoms with Gasteiger partial charge in [0.1, 0.15) is 11.8 Å². The minimum Gasteiger partial charge on any atom is -0.368 e. The van der Waals surface area contributed by atoms with E-state index in [1.54, 1.807) is 12.3 Å². The van der Waals surface area contributed by atoms with Crippen molar-refractivity contribution in [2.75, 3.05) is 31.1 Å². The maximum Gasteiger partial charge on any atom is 0.140 e. The molecule has 4 heteroatoms. The summed E-state index contributed by atoms with van der Waals surface area (Å²) in [6.07, 6.45) is 1.80. The average molecular weight is 244 g/mol. The van der Waals surface area contributed by atoms with Gasteiger partial charge in [0.05, 0.1) is 11.9 Å². The molecule has 0 bridgehead atoms. The third-order valence-electron chi connectivity index (χ3n) is 3.46. The first kappa shape index (κ1) is 12.8. The van der Waals surface area contributed by atoms with Gasteiger partial charge in [0.2, 0.25) is 0 Å². The van der Waals surface area contributed by atoms with Gasteiger partial charge in [-0.3, -0.25) is 4.90 Å². The smallest absolute Gasteiger partial charge is 0.140 e. The second kappa shape index (κ2) is 4.95. The molecule has 2 heterocycles. The van der Waals surface area contributed by atoms with Crippen LogP contribution in [0.25, 0.3) is 0 Å². The van der Waals surface area contributed by atoms with E-state index < -0.39 is 0 Å². The van der Waals surface area contributed by atoms with Gasteiger partial charge in [-0.15, -0.1) is 0 Å². The Bertz CT molecular complexity index is 430. The number of pyridine rings is 1. The number of hydrogen-bond donors (Lipinski definition) is 0. The van der Waals surface area contributed by atoms with Crippen molar-refractivity contribution in [1.29, 1.82) is 5.26 Å². The number of rotatable bonds is 1. The molecule has 0 saturated carbocycles. The van der Waals surface area contributed by atoms with Crippen molar-refractivity contribution in [3.05, 3.63) is 24.0 Å². The fourth-order valence-electron chi connectivity index (χ4n) is 2.27. The Labute approximate surface area is 109 Å². The maximum absolute atomic E-state index is 8.73. The minimum absolute atomic E-state index is 0.245. The van der Waals surface area contributed by atoms with E-state index in [1.165, 1.54) is 0 Å². The molecule has 2 rings (SSSR count). The maximum atomic E-state index is 8.73. The third-order valence-corrected chi connectivity index (χ3v) is 3.46. The van der Waals surface area contributed by atoms with Gasteiger partial charge in [0.15, 0.2) is 0 Å². The fraction of sp³-hybridized carbons (Fsp3) is 0.571. The molecular weight excluding hydrogens is 224 g/mol. The fourth-order valence-corrected chi connectivity index (χ4v) is 2.27. The number of anilines is 1. The normalized spacial score (nSPS) is 17.6. The van der Waals surface area contributed by atoms with Gasteiger partial charge < -0.3 is 4.90 Å². The Kier molecular flexibility index (Phi) is 3.53. The molecule has 1 aliphatic rings. The Morgan fingerprint density at radius 1 is 1.17 bits per heavy atom. The van der Waals surface area contributed by atoms with Crippen LogP contribution in [-0.4, -0.2) is 41.6 Å². The van der Waals surface area contributed by atoms with E-state index in [1.807, 2.05) is 12.1 Å². The summed E-state index contributed by atoms with van der Waals surface area (Å²) in [5, 5.41) is 8.73. The molecule has 0 unspecified atom stereocenters. The Balaban J connectivity index is 1.99. The van der Waals surface area contributed by atoms with E-state index in [0.29, 0.717) is 5.69 Å². The monoisotopic (exact) mass is 244 g/mol. The van der Waals surface area contributed by atoms with Crippen molar-refractivity contribution in [1.82, 2.24) is 9.88 Å². The van der Waals surface area contributed by atoms with Crippen LogP contribution in [0, 0.1) is 11.3 Å². The zero-order chi connectivity index (χ0) is 13.2. The molecule has 1 saturated heterocycles. The molecule has 0 atom stereocenters. The van der Waals surface area contributed by atoms with Gasteiger partial charge in [-0.1, -0.05) is 0 Å². The predicted molar refractivity (Wildman–Crippen MR) is 72.5 cm³/mol. The standard InChI is InChI=1S/C14H20N4/c1-14(2,3)18-8-6-17(7-9-18)13-5-4-12(10-15)16-11-13/h4-5,11H,6-9H2,1-3H3. The zero-order valence-corrected chi connectivity index (χ0v) is 11.3. The van der Waals surface area contributed by atoms with Gasteiger partial charge in [0.25, 0.3) is 0 Å². The second-order valence-electron chi connectivity index (χ2n) is 5.66. The van der Waals surface area contributed by atoms with E-state index in [4.69, 9.17) is 5.26 Å². The predicted octanol–water partition coefficient (Wildman–Crippen LogP) is 1.87. The highest BCUT2D eigenvalue weighted by Crippen LogP contribution is 2.20. The first-order valence-corrected chi connectivity index (χ1v) is 6.37. The van der Waals surface area contributed by atoms with E-state index in [9.17, 15) is 0 Å². The molecule has 1 fully saturated rings. The van der Waals surface area contributed by atoms with Gasteiger partial charge in [0, 0.05) is 31.7 Å². The lowest BCUT2D eigenvalue weighted by Crippen LogP contribution is -2.53. The summed E-state index contributed by atoms with van der Waals surface area (Å²) in [5.41, 5.74) is 1.84. The largest absolute Gasteiger partial charge is 0.368 e. The van der Waals surface area contributed by atoms with Crippen LogP contribution in [0.4, 0.5) is 5.69 Å². The van der Waals surface area contributed by atoms with E-state index in [-0.39, 0.29) is 5.54 Å². The number of nitriles is 1. The molecule has 4 nitrogen and oxygen atoms in total. The molecule has 0 N–H and O–H groups in total. The minimum atomic E-state index is 0.245. The number of piperazine rings is 1. The van der Waals surface area contributed by atoms with Crippen LogP contribution in [0.15, 0.2) is 18.3 Å². The highest BCUT2D eigenvalue weighted by atomic mass is 15.3. The summed E-state index contributed by atoms with van der Waals surface area (Å²) in [6, 6.07) is 5.81. The first-order valence-electron chi connectivity index (χ1n) is 6.37. The molecular formula is C14H20N4. The van der Waals surface area contributed by atoms with Gasteiger partial charge in [-0.2, -0.15) is 5.26 Å². The molecule has 1 aliphatic heterocycles. The lowest BCUT2D eigenvalue weighted by atomic mass is 10.0. The van der Waals surface area contributed by atoms with E-state index >= 15 is 0 Å². The Morgan fingerprint density at radius 2 is 1.83 bits per heavy atom. The van der Waals surface area contributed by atoms with Crippen molar-refractivity contribution in [3.63, 3.8) is 0 Å². The van der Waals surface area contributed by atoms with Gasteiger partial charge in [-0.25, -0.2) is 4.98 Å². The van der Waals surface area contributed by atoms with Crippen molar-refractivity contribution in [3.8, 4) is 6.07 Å². The second-order valence-corrected chi connectivity index (χ2v) is 5.66. The lowest BCUT2D eigenvalue weighted by Gasteiger charge is -2.42. The summed E-state index contributed by atoms with van der Waals surface area (Å²) >= 11 is 0. The number of aromatic nitrogens is 1. The molecule has 0 aliphatic carbocycles. The molecule has 1 aromatic rings. The molecule has 96 valence electrons. The van der Waals surface area contributed by atoms with Crippen LogP contribution in [0.1, 0.15) is 26.5 Å². The molecule has 18 heavy (non-hydrogen) atoms. The van der Waals surface area contributed by atoms with Crippen LogP contribution in [0.2, 0.25) is 0 Å². The highest BCUT2D eigenvalue weighted by Gasteiger charge is 2.25. The first-order chi connectivity index (χ1) is 8.50. The van der Waals surface area contributed by atoms with Crippen LogP contribution < -0.4 is 4.90 Å². The van der Waals surface area contributed by atoms with Gasteiger partial charge >= 0.3 is 0 Å². The molecule has 0 amide bonds. The van der Waals surface area contributed by atoms with Crippen LogP contribution >= 0.6 is 0 Å². The highest BCUT2D eigenvalue weighted by molar-refractivity contribution is 5.46. The number of nitrogens with zero attached hydrogens (tertiary/aromatic N) is 4. The van der Waals surface area contributed by atoms with E-state index in [0.717, 1.165) is 31.9 Å². The average Bonchev–Trinajstić information content (AvgIpc) is 2.38. The SMILES string of the molecule is CC(C)(C)N1CCN(c2ccc(C#N)nc2)CC1. The summed E-state index contributed by atoms with van der Waals surface area (Å²) < 4.78 is 0. The van der Waals surface area contributed by atoms with Crippen LogP contribution in [0.5, 0.6) is 0 Å². The topological polar surface area (TPSA) is 43.2 Å².